The van der Waals surface area contributed by atoms with Crippen molar-refractivity contribution in [3.05, 3.63) is 95.0 Å². The standard InChI is InChI=1S/C21H25N3/c1-22-18-14-17(20(23-2)21(18)24-3)19(15-10-6-4-7-11-15)16-12-8-5-9-13-16/h4-14,17,19,22-24H,1-3H3. The maximum Gasteiger partial charge on any atom is 0.0769 e. The van der Waals surface area contributed by atoms with Crippen molar-refractivity contribution in [2.24, 2.45) is 5.92 Å². The summed E-state index contributed by atoms with van der Waals surface area (Å²) in [6.07, 6.45) is 2.32. The van der Waals surface area contributed by atoms with Gasteiger partial charge >= 0.3 is 0 Å². The third-order valence-corrected chi connectivity index (χ3v) is 4.68. The monoisotopic (exact) mass is 319 g/mol. The van der Waals surface area contributed by atoms with Crippen molar-refractivity contribution >= 4 is 0 Å². The highest BCUT2D eigenvalue weighted by atomic mass is 15.0. The molecule has 1 unspecified atom stereocenters. The molecule has 0 saturated carbocycles. The van der Waals surface area contributed by atoms with Gasteiger partial charge in [-0.25, -0.2) is 0 Å². The van der Waals surface area contributed by atoms with E-state index in [1.54, 1.807) is 0 Å². The van der Waals surface area contributed by atoms with E-state index in [1.165, 1.54) is 16.8 Å². The zero-order valence-corrected chi connectivity index (χ0v) is 14.5. The Balaban J connectivity index is 2.13. The molecule has 24 heavy (non-hydrogen) atoms. The first-order chi connectivity index (χ1) is 11.8. The molecule has 2 aromatic carbocycles. The van der Waals surface area contributed by atoms with E-state index in [4.69, 9.17) is 0 Å². The molecule has 3 heteroatoms. The minimum Gasteiger partial charge on any atom is -0.389 e. The predicted octanol–water partition coefficient (Wildman–Crippen LogP) is 3.20. The van der Waals surface area contributed by atoms with Crippen molar-refractivity contribution in [2.45, 2.75) is 5.92 Å². The highest BCUT2D eigenvalue weighted by Crippen LogP contribution is 2.41. The van der Waals surface area contributed by atoms with Crippen LogP contribution in [0.1, 0.15) is 17.0 Å². The lowest BCUT2D eigenvalue weighted by Gasteiger charge is -2.26. The molecule has 1 atom stereocenters. The van der Waals surface area contributed by atoms with E-state index in [2.05, 4.69) is 82.7 Å². The molecule has 1 aliphatic rings. The molecular formula is C21H25N3. The minimum atomic E-state index is 0.254. The Labute approximate surface area is 144 Å². The van der Waals surface area contributed by atoms with Crippen LogP contribution < -0.4 is 16.0 Å². The molecule has 0 aliphatic heterocycles. The SMILES string of the molecule is CNC1=CC(C(c2ccccc2)c2ccccc2)C(NC)=C1NC. The first-order valence-corrected chi connectivity index (χ1v) is 8.39. The Hall–Kier alpha value is -2.68. The van der Waals surface area contributed by atoms with E-state index in [9.17, 15) is 0 Å². The average Bonchev–Trinajstić information content (AvgIpc) is 3.01. The molecule has 0 amide bonds. The minimum absolute atomic E-state index is 0.254. The molecule has 0 heterocycles. The van der Waals surface area contributed by atoms with Crippen molar-refractivity contribution in [3.8, 4) is 0 Å². The Bertz CT molecular complexity index is 693. The molecule has 3 rings (SSSR count). The first-order valence-electron chi connectivity index (χ1n) is 8.39. The maximum absolute atomic E-state index is 3.42. The van der Waals surface area contributed by atoms with Gasteiger partial charge in [-0.1, -0.05) is 60.7 Å². The van der Waals surface area contributed by atoms with Gasteiger partial charge in [-0.3, -0.25) is 0 Å². The number of allylic oxidation sites excluding steroid dienone is 1. The van der Waals surface area contributed by atoms with Crippen LogP contribution in [0.5, 0.6) is 0 Å². The Kier molecular flexibility index (Phi) is 4.90. The van der Waals surface area contributed by atoms with Crippen molar-refractivity contribution in [2.75, 3.05) is 21.1 Å². The van der Waals surface area contributed by atoms with Gasteiger partial charge in [0.05, 0.1) is 11.4 Å². The Morgan fingerprint density at radius 3 is 1.67 bits per heavy atom. The summed E-state index contributed by atoms with van der Waals surface area (Å²) < 4.78 is 0. The van der Waals surface area contributed by atoms with E-state index >= 15 is 0 Å². The van der Waals surface area contributed by atoms with Crippen LogP contribution in [0.25, 0.3) is 0 Å². The highest BCUT2D eigenvalue weighted by molar-refractivity contribution is 5.47. The fraction of sp³-hybridized carbons (Fsp3) is 0.238. The van der Waals surface area contributed by atoms with Crippen LogP contribution in [-0.4, -0.2) is 21.1 Å². The van der Waals surface area contributed by atoms with Crippen LogP contribution >= 0.6 is 0 Å². The van der Waals surface area contributed by atoms with Crippen LogP contribution in [0, 0.1) is 5.92 Å². The van der Waals surface area contributed by atoms with E-state index in [1.807, 2.05) is 21.1 Å². The molecule has 0 fully saturated rings. The van der Waals surface area contributed by atoms with E-state index in [0.29, 0.717) is 0 Å². The molecule has 0 spiro atoms. The van der Waals surface area contributed by atoms with E-state index in [0.717, 1.165) is 11.4 Å². The normalized spacial score (nSPS) is 17.0. The largest absolute Gasteiger partial charge is 0.389 e. The summed E-state index contributed by atoms with van der Waals surface area (Å²) in [5.41, 5.74) is 6.15. The smallest absolute Gasteiger partial charge is 0.0769 e. The van der Waals surface area contributed by atoms with Gasteiger partial charge in [0.1, 0.15) is 0 Å². The number of benzene rings is 2. The van der Waals surface area contributed by atoms with Gasteiger partial charge in [-0.15, -0.1) is 0 Å². The summed E-state index contributed by atoms with van der Waals surface area (Å²) in [5, 5.41) is 10.1. The molecule has 3 N–H and O–H groups in total. The summed E-state index contributed by atoms with van der Waals surface area (Å²) in [5.74, 6) is 0.522. The molecule has 0 radical (unpaired) electrons. The summed E-state index contributed by atoms with van der Waals surface area (Å²) in [4.78, 5) is 0. The number of likely N-dealkylation sites (N-methyl/N-ethyl adjacent to an activating group) is 2. The zero-order valence-electron chi connectivity index (χ0n) is 14.5. The van der Waals surface area contributed by atoms with Crippen LogP contribution in [0.4, 0.5) is 0 Å². The molecule has 0 saturated heterocycles. The quantitative estimate of drug-likeness (QED) is 0.765. The number of nitrogens with one attached hydrogen (secondary N) is 3. The van der Waals surface area contributed by atoms with E-state index < -0.39 is 0 Å². The Morgan fingerprint density at radius 1 is 0.708 bits per heavy atom. The highest BCUT2D eigenvalue weighted by Gasteiger charge is 2.33. The third-order valence-electron chi connectivity index (χ3n) is 4.68. The zero-order chi connectivity index (χ0) is 16.9. The van der Waals surface area contributed by atoms with Gasteiger partial charge in [-0.2, -0.15) is 0 Å². The molecule has 1 aliphatic carbocycles. The third kappa shape index (κ3) is 2.90. The Morgan fingerprint density at radius 2 is 1.25 bits per heavy atom. The fourth-order valence-corrected chi connectivity index (χ4v) is 3.62. The topological polar surface area (TPSA) is 36.1 Å². The summed E-state index contributed by atoms with van der Waals surface area (Å²) in [6, 6.07) is 21.5. The predicted molar refractivity (Wildman–Crippen MR) is 101 cm³/mol. The van der Waals surface area contributed by atoms with Gasteiger partial charge in [0.25, 0.3) is 0 Å². The molecule has 2 aromatic rings. The molecule has 0 bridgehead atoms. The van der Waals surface area contributed by atoms with Crippen molar-refractivity contribution < 1.29 is 0 Å². The second-order valence-corrected chi connectivity index (χ2v) is 5.94. The van der Waals surface area contributed by atoms with Crippen molar-refractivity contribution in [1.82, 2.24) is 16.0 Å². The number of hydrogen-bond acceptors (Lipinski definition) is 3. The van der Waals surface area contributed by atoms with Gasteiger partial charge in [0, 0.05) is 38.7 Å². The van der Waals surface area contributed by atoms with Crippen molar-refractivity contribution in [3.63, 3.8) is 0 Å². The van der Waals surface area contributed by atoms with Gasteiger partial charge in [0.2, 0.25) is 0 Å². The molecular weight excluding hydrogens is 294 g/mol. The van der Waals surface area contributed by atoms with Gasteiger partial charge in [-0.05, 0) is 17.2 Å². The lowest BCUT2D eigenvalue weighted by atomic mass is 9.80. The summed E-state index contributed by atoms with van der Waals surface area (Å²) in [7, 11) is 5.94. The van der Waals surface area contributed by atoms with E-state index in [-0.39, 0.29) is 11.8 Å². The van der Waals surface area contributed by atoms with Crippen LogP contribution in [0.3, 0.4) is 0 Å². The lowest BCUT2D eigenvalue weighted by Crippen LogP contribution is -2.24. The number of hydrogen-bond donors (Lipinski definition) is 3. The first kappa shape index (κ1) is 16.2. The average molecular weight is 319 g/mol. The second-order valence-electron chi connectivity index (χ2n) is 5.94. The molecule has 0 aromatic heterocycles. The fourth-order valence-electron chi connectivity index (χ4n) is 3.62. The molecule has 3 nitrogen and oxygen atoms in total. The van der Waals surface area contributed by atoms with Crippen LogP contribution in [-0.2, 0) is 0 Å². The van der Waals surface area contributed by atoms with Crippen molar-refractivity contribution in [1.29, 1.82) is 0 Å². The summed E-state index contributed by atoms with van der Waals surface area (Å²) in [6.45, 7) is 0. The summed E-state index contributed by atoms with van der Waals surface area (Å²) >= 11 is 0. The van der Waals surface area contributed by atoms with Crippen LogP contribution in [0.15, 0.2) is 83.8 Å². The van der Waals surface area contributed by atoms with Gasteiger partial charge < -0.3 is 16.0 Å². The van der Waals surface area contributed by atoms with Gasteiger partial charge in [0.15, 0.2) is 0 Å². The number of rotatable bonds is 6. The second kappa shape index (κ2) is 7.26. The van der Waals surface area contributed by atoms with Crippen LogP contribution in [0.2, 0.25) is 0 Å². The maximum atomic E-state index is 3.42. The lowest BCUT2D eigenvalue weighted by molar-refractivity contribution is 0.615. The molecule has 124 valence electrons.